The summed E-state index contributed by atoms with van der Waals surface area (Å²) in [6, 6.07) is 5.86. The highest BCUT2D eigenvalue weighted by Gasteiger charge is 2.35. The van der Waals surface area contributed by atoms with Crippen molar-refractivity contribution in [3.63, 3.8) is 0 Å². The highest BCUT2D eigenvalue weighted by molar-refractivity contribution is 5.77. The maximum absolute atomic E-state index is 13.0. The summed E-state index contributed by atoms with van der Waals surface area (Å²) < 4.78 is 23.2. The third-order valence-electron chi connectivity index (χ3n) is 4.02. The van der Waals surface area contributed by atoms with Crippen molar-refractivity contribution < 1.29 is 18.4 Å². The van der Waals surface area contributed by atoms with Gasteiger partial charge in [-0.05, 0) is 37.7 Å². The summed E-state index contributed by atoms with van der Waals surface area (Å²) in [5, 5.41) is 6.89. The van der Waals surface area contributed by atoms with E-state index >= 15 is 0 Å². The number of aromatic nitrogens is 2. The van der Waals surface area contributed by atoms with E-state index in [0.717, 1.165) is 0 Å². The lowest BCUT2D eigenvalue weighted by atomic mass is 10.1. The first-order valence-electron chi connectivity index (χ1n) is 7.65. The summed E-state index contributed by atoms with van der Waals surface area (Å²) in [6.45, 7) is 0.731. The quantitative estimate of drug-likeness (QED) is 0.890. The summed E-state index contributed by atoms with van der Waals surface area (Å²) in [7, 11) is 3.42. The van der Waals surface area contributed by atoms with Crippen LogP contribution in [0.4, 0.5) is 4.39 Å². The second kappa shape index (κ2) is 7.06. The predicted molar refractivity (Wildman–Crippen MR) is 83.5 cm³/mol. The van der Waals surface area contributed by atoms with Gasteiger partial charge in [0, 0.05) is 25.3 Å². The normalized spacial score (nSPS) is 21.1. The molecule has 24 heavy (non-hydrogen) atoms. The Labute approximate surface area is 138 Å². The molecule has 7 nitrogen and oxygen atoms in total. The van der Waals surface area contributed by atoms with E-state index in [1.807, 2.05) is 7.05 Å². The summed E-state index contributed by atoms with van der Waals surface area (Å²) in [5.74, 6) is 0.451. The van der Waals surface area contributed by atoms with Gasteiger partial charge in [0.1, 0.15) is 12.4 Å². The number of hydrogen-bond donors (Lipinski definition) is 1. The van der Waals surface area contributed by atoms with E-state index in [2.05, 4.69) is 20.4 Å². The highest BCUT2D eigenvalue weighted by atomic mass is 19.1. The van der Waals surface area contributed by atoms with Gasteiger partial charge in [-0.1, -0.05) is 5.16 Å². The molecule has 0 aliphatic carbocycles. The van der Waals surface area contributed by atoms with Crippen molar-refractivity contribution in [1.82, 2.24) is 20.4 Å². The van der Waals surface area contributed by atoms with Crippen molar-refractivity contribution in [1.29, 1.82) is 0 Å². The molecule has 1 fully saturated rings. The summed E-state index contributed by atoms with van der Waals surface area (Å²) >= 11 is 0. The second-order valence-corrected chi connectivity index (χ2v) is 5.85. The molecule has 128 valence electrons. The summed E-state index contributed by atoms with van der Waals surface area (Å²) in [5.41, 5.74) is 0.692. The number of likely N-dealkylation sites (N-methyl/N-ethyl adjacent to an activating group) is 1. The van der Waals surface area contributed by atoms with E-state index in [9.17, 15) is 9.18 Å². The lowest BCUT2D eigenvalue weighted by Crippen LogP contribution is -2.38. The van der Waals surface area contributed by atoms with Gasteiger partial charge in [0.25, 0.3) is 0 Å². The van der Waals surface area contributed by atoms with Crippen molar-refractivity contribution in [3.8, 4) is 11.4 Å². The summed E-state index contributed by atoms with van der Waals surface area (Å²) in [6.07, 6.45) is 0.678. The molecule has 0 saturated carbocycles. The van der Waals surface area contributed by atoms with Crippen molar-refractivity contribution in [2.24, 2.45) is 0 Å². The molecule has 1 amide bonds. The maximum atomic E-state index is 13.0. The largest absolute Gasteiger partial charge is 0.375 e. The number of likely N-dealkylation sites (tertiary alicyclic amines) is 1. The topological polar surface area (TPSA) is 80.5 Å². The Morgan fingerprint density at radius 3 is 2.92 bits per heavy atom. The van der Waals surface area contributed by atoms with Gasteiger partial charge < -0.3 is 14.6 Å². The lowest BCUT2D eigenvalue weighted by molar-refractivity contribution is -0.125. The van der Waals surface area contributed by atoms with E-state index in [0.29, 0.717) is 30.2 Å². The Hall–Kier alpha value is -2.32. The standard InChI is InChI=1S/C16H19FN4O3/c1-21-8-12(18-14(22)9-23-2)7-13(21)16-19-15(20-24-16)10-3-5-11(17)6-4-10/h3-6,12-13H,7-9H2,1-2H3,(H,18,22)/t12-,13-/m0/s1. The predicted octanol–water partition coefficient (Wildman–Crippen LogP) is 1.38. The van der Waals surface area contributed by atoms with Gasteiger partial charge in [-0.2, -0.15) is 4.98 Å². The van der Waals surface area contributed by atoms with Gasteiger partial charge in [-0.3, -0.25) is 9.69 Å². The molecule has 0 unspecified atom stereocenters. The number of amides is 1. The minimum atomic E-state index is -0.312. The zero-order chi connectivity index (χ0) is 17.1. The maximum Gasteiger partial charge on any atom is 0.246 e. The number of ether oxygens (including phenoxy) is 1. The lowest BCUT2D eigenvalue weighted by Gasteiger charge is -2.14. The van der Waals surface area contributed by atoms with Gasteiger partial charge in [-0.15, -0.1) is 0 Å². The monoisotopic (exact) mass is 334 g/mol. The number of benzene rings is 1. The van der Waals surface area contributed by atoms with Crippen molar-refractivity contribution in [2.45, 2.75) is 18.5 Å². The molecular weight excluding hydrogens is 315 g/mol. The smallest absolute Gasteiger partial charge is 0.246 e. The molecule has 8 heteroatoms. The van der Waals surface area contributed by atoms with Gasteiger partial charge in [0.15, 0.2) is 0 Å². The zero-order valence-electron chi connectivity index (χ0n) is 13.5. The van der Waals surface area contributed by atoms with E-state index in [-0.39, 0.29) is 30.4 Å². The van der Waals surface area contributed by atoms with Crippen LogP contribution in [0.15, 0.2) is 28.8 Å². The molecule has 1 aromatic heterocycles. The molecule has 1 aliphatic rings. The number of rotatable bonds is 5. The number of halogens is 1. The molecule has 0 radical (unpaired) electrons. The first-order valence-corrected chi connectivity index (χ1v) is 7.65. The number of methoxy groups -OCH3 is 1. The molecule has 1 N–H and O–H groups in total. The molecule has 1 saturated heterocycles. The number of hydrogen-bond acceptors (Lipinski definition) is 6. The Morgan fingerprint density at radius 2 is 2.21 bits per heavy atom. The van der Waals surface area contributed by atoms with Crippen LogP contribution in [0, 0.1) is 5.82 Å². The van der Waals surface area contributed by atoms with E-state index < -0.39 is 0 Å². The van der Waals surface area contributed by atoms with Crippen molar-refractivity contribution in [2.75, 3.05) is 27.3 Å². The first kappa shape index (κ1) is 16.5. The fourth-order valence-electron chi connectivity index (χ4n) is 2.88. The van der Waals surface area contributed by atoms with Crippen LogP contribution in [-0.2, 0) is 9.53 Å². The fourth-order valence-corrected chi connectivity index (χ4v) is 2.88. The second-order valence-electron chi connectivity index (χ2n) is 5.85. The van der Waals surface area contributed by atoms with Crippen LogP contribution < -0.4 is 5.32 Å². The Morgan fingerprint density at radius 1 is 1.46 bits per heavy atom. The Balaban J connectivity index is 1.68. The number of nitrogens with zero attached hydrogens (tertiary/aromatic N) is 3. The molecule has 0 bridgehead atoms. The average Bonchev–Trinajstić information content (AvgIpc) is 3.15. The van der Waals surface area contributed by atoms with Gasteiger partial charge in [-0.25, -0.2) is 4.39 Å². The number of carbonyl (C=O) groups is 1. The molecule has 1 aliphatic heterocycles. The average molecular weight is 334 g/mol. The molecule has 1 aromatic carbocycles. The summed E-state index contributed by atoms with van der Waals surface area (Å²) in [4.78, 5) is 18.1. The van der Waals surface area contributed by atoms with Crippen LogP contribution in [0.2, 0.25) is 0 Å². The molecule has 2 aromatic rings. The van der Waals surface area contributed by atoms with Crippen LogP contribution in [0.1, 0.15) is 18.4 Å². The SMILES string of the molecule is COCC(=O)N[C@H]1C[C@@H](c2nc(-c3ccc(F)cc3)no2)N(C)C1. The van der Waals surface area contributed by atoms with Crippen LogP contribution in [-0.4, -0.2) is 54.3 Å². The van der Waals surface area contributed by atoms with Gasteiger partial charge >= 0.3 is 0 Å². The number of carbonyl (C=O) groups excluding carboxylic acids is 1. The Kier molecular flexibility index (Phi) is 4.86. The fraction of sp³-hybridized carbons (Fsp3) is 0.438. The highest BCUT2D eigenvalue weighted by Crippen LogP contribution is 2.30. The molecule has 2 heterocycles. The molecular formula is C16H19FN4O3. The molecule has 2 atom stereocenters. The number of nitrogens with one attached hydrogen (secondary N) is 1. The van der Waals surface area contributed by atoms with Gasteiger partial charge in [0.2, 0.25) is 17.6 Å². The minimum absolute atomic E-state index is 0.00354. The van der Waals surface area contributed by atoms with Crippen LogP contribution in [0.25, 0.3) is 11.4 Å². The Bertz CT molecular complexity index is 704. The first-order chi connectivity index (χ1) is 11.6. The van der Waals surface area contributed by atoms with Crippen LogP contribution >= 0.6 is 0 Å². The molecule has 3 rings (SSSR count). The third-order valence-corrected chi connectivity index (χ3v) is 4.02. The van der Waals surface area contributed by atoms with E-state index in [4.69, 9.17) is 9.26 Å². The van der Waals surface area contributed by atoms with Crippen LogP contribution in [0.3, 0.4) is 0 Å². The molecule has 0 spiro atoms. The van der Waals surface area contributed by atoms with Gasteiger partial charge in [0.05, 0.1) is 6.04 Å². The minimum Gasteiger partial charge on any atom is -0.375 e. The van der Waals surface area contributed by atoms with E-state index in [1.165, 1.54) is 19.2 Å². The zero-order valence-corrected chi connectivity index (χ0v) is 13.5. The van der Waals surface area contributed by atoms with Crippen molar-refractivity contribution >= 4 is 5.91 Å². The third kappa shape index (κ3) is 3.60. The van der Waals surface area contributed by atoms with E-state index in [1.54, 1.807) is 12.1 Å². The van der Waals surface area contributed by atoms with Crippen LogP contribution in [0.5, 0.6) is 0 Å². The van der Waals surface area contributed by atoms with Crippen molar-refractivity contribution in [3.05, 3.63) is 36.0 Å².